The van der Waals surface area contributed by atoms with E-state index in [1.165, 1.54) is 5.69 Å². The lowest BCUT2D eigenvalue weighted by atomic mass is 10.3. The summed E-state index contributed by atoms with van der Waals surface area (Å²) in [6.45, 7) is 5.01. The summed E-state index contributed by atoms with van der Waals surface area (Å²) < 4.78 is 5.28. The summed E-state index contributed by atoms with van der Waals surface area (Å²) in [7, 11) is 2.16. The van der Waals surface area contributed by atoms with E-state index in [-0.39, 0.29) is 0 Å². The van der Waals surface area contributed by atoms with Gasteiger partial charge in [-0.05, 0) is 31.3 Å². The van der Waals surface area contributed by atoms with Crippen LogP contribution in [0.4, 0.5) is 11.5 Å². The average Bonchev–Trinajstić information content (AvgIpc) is 3.00. The minimum absolute atomic E-state index is 0.661. The number of aromatic nitrogens is 1. The Morgan fingerprint density at radius 2 is 2.05 bits per heavy atom. The van der Waals surface area contributed by atoms with Gasteiger partial charge in [0.15, 0.2) is 0 Å². The second-order valence-corrected chi connectivity index (χ2v) is 5.12. The topological polar surface area (TPSA) is 44.5 Å². The Hall–Kier alpha value is -2.01. The number of hydrogen-bond donors (Lipinski definition) is 1. The van der Waals surface area contributed by atoms with E-state index in [1.807, 2.05) is 24.4 Å². The Morgan fingerprint density at radius 1 is 1.20 bits per heavy atom. The molecule has 2 aromatic rings. The third-order valence-electron chi connectivity index (χ3n) is 3.64. The van der Waals surface area contributed by atoms with Crippen LogP contribution < -0.4 is 10.2 Å². The van der Waals surface area contributed by atoms with E-state index in [1.54, 1.807) is 6.26 Å². The van der Waals surface area contributed by atoms with Gasteiger partial charge in [0.2, 0.25) is 0 Å². The van der Waals surface area contributed by atoms with E-state index in [9.17, 15) is 0 Å². The van der Waals surface area contributed by atoms with Crippen LogP contribution in [0.15, 0.2) is 41.1 Å². The molecule has 106 valence electrons. The molecule has 0 amide bonds. The quantitative estimate of drug-likeness (QED) is 0.922. The fourth-order valence-corrected chi connectivity index (χ4v) is 2.33. The molecule has 2 aromatic heterocycles. The Bertz CT molecular complexity index is 515. The van der Waals surface area contributed by atoms with E-state index in [4.69, 9.17) is 4.42 Å². The van der Waals surface area contributed by atoms with Gasteiger partial charge in [-0.3, -0.25) is 0 Å². The molecule has 3 rings (SSSR count). The summed E-state index contributed by atoms with van der Waals surface area (Å²) in [5, 5.41) is 3.25. The van der Waals surface area contributed by atoms with Gasteiger partial charge in [0.1, 0.15) is 11.6 Å². The van der Waals surface area contributed by atoms with Crippen LogP contribution in [0.1, 0.15) is 5.76 Å². The molecule has 0 unspecified atom stereocenters. The van der Waals surface area contributed by atoms with Crippen molar-refractivity contribution in [3.63, 3.8) is 0 Å². The van der Waals surface area contributed by atoms with Crippen LogP contribution in [-0.4, -0.2) is 43.1 Å². The van der Waals surface area contributed by atoms with E-state index in [2.05, 4.69) is 33.2 Å². The molecule has 1 fully saturated rings. The van der Waals surface area contributed by atoms with Crippen LogP contribution in [0.2, 0.25) is 0 Å². The van der Waals surface area contributed by atoms with Crippen molar-refractivity contribution in [2.75, 3.05) is 43.4 Å². The summed E-state index contributed by atoms with van der Waals surface area (Å²) in [5.74, 6) is 1.79. The predicted molar refractivity (Wildman–Crippen MR) is 80.0 cm³/mol. The van der Waals surface area contributed by atoms with Crippen LogP contribution in [0, 0.1) is 0 Å². The first-order valence-electron chi connectivity index (χ1n) is 6.97. The van der Waals surface area contributed by atoms with Gasteiger partial charge in [0.25, 0.3) is 0 Å². The molecule has 0 bridgehead atoms. The fraction of sp³-hybridized carbons (Fsp3) is 0.400. The molecule has 0 radical (unpaired) electrons. The molecule has 5 nitrogen and oxygen atoms in total. The van der Waals surface area contributed by atoms with E-state index < -0.39 is 0 Å². The molecule has 0 atom stereocenters. The number of hydrogen-bond acceptors (Lipinski definition) is 5. The lowest BCUT2D eigenvalue weighted by molar-refractivity contribution is 0.313. The highest BCUT2D eigenvalue weighted by Crippen LogP contribution is 2.17. The molecule has 0 aromatic carbocycles. The van der Waals surface area contributed by atoms with Gasteiger partial charge in [0, 0.05) is 26.2 Å². The van der Waals surface area contributed by atoms with Gasteiger partial charge in [-0.25, -0.2) is 4.98 Å². The number of nitrogens with zero attached hydrogens (tertiary/aromatic N) is 3. The smallest absolute Gasteiger partial charge is 0.126 e. The monoisotopic (exact) mass is 272 g/mol. The number of furan rings is 1. The lowest BCUT2D eigenvalue weighted by Crippen LogP contribution is -2.44. The fourth-order valence-electron chi connectivity index (χ4n) is 2.33. The second kappa shape index (κ2) is 5.96. The van der Waals surface area contributed by atoms with Crippen LogP contribution in [0.5, 0.6) is 0 Å². The van der Waals surface area contributed by atoms with Crippen molar-refractivity contribution < 1.29 is 4.42 Å². The van der Waals surface area contributed by atoms with Crippen molar-refractivity contribution in [2.45, 2.75) is 6.54 Å². The van der Waals surface area contributed by atoms with Crippen molar-refractivity contribution in [1.29, 1.82) is 0 Å². The first-order valence-corrected chi connectivity index (χ1v) is 6.97. The molecule has 1 saturated heterocycles. The predicted octanol–water partition coefficient (Wildman–Crippen LogP) is 2.04. The second-order valence-electron chi connectivity index (χ2n) is 5.12. The van der Waals surface area contributed by atoms with Crippen LogP contribution in [-0.2, 0) is 6.54 Å². The highest BCUT2D eigenvalue weighted by atomic mass is 16.3. The van der Waals surface area contributed by atoms with Gasteiger partial charge in [-0.1, -0.05) is 0 Å². The van der Waals surface area contributed by atoms with E-state index in [0.717, 1.165) is 37.8 Å². The van der Waals surface area contributed by atoms with Gasteiger partial charge in [0.05, 0.1) is 24.7 Å². The average molecular weight is 272 g/mol. The zero-order chi connectivity index (χ0) is 13.8. The van der Waals surface area contributed by atoms with Crippen molar-refractivity contribution >= 4 is 11.5 Å². The molecule has 1 aliphatic rings. The lowest BCUT2D eigenvalue weighted by Gasteiger charge is -2.33. The van der Waals surface area contributed by atoms with Crippen LogP contribution in [0.25, 0.3) is 0 Å². The van der Waals surface area contributed by atoms with Crippen molar-refractivity contribution in [1.82, 2.24) is 9.88 Å². The maximum atomic E-state index is 5.28. The Morgan fingerprint density at radius 3 is 2.70 bits per heavy atom. The number of anilines is 2. The normalized spacial score (nSPS) is 16.4. The Kier molecular flexibility index (Phi) is 3.87. The molecule has 0 spiro atoms. The highest BCUT2D eigenvalue weighted by Gasteiger charge is 2.14. The van der Waals surface area contributed by atoms with Gasteiger partial charge >= 0.3 is 0 Å². The molecule has 0 aliphatic carbocycles. The van der Waals surface area contributed by atoms with Gasteiger partial charge in [-0.15, -0.1) is 0 Å². The molecule has 0 saturated carbocycles. The number of nitrogens with one attached hydrogen (secondary N) is 1. The zero-order valence-electron chi connectivity index (χ0n) is 11.7. The number of pyridine rings is 1. The summed E-state index contributed by atoms with van der Waals surface area (Å²) in [6.07, 6.45) is 3.62. The van der Waals surface area contributed by atoms with Crippen LogP contribution in [0.3, 0.4) is 0 Å². The molecule has 1 N–H and O–H groups in total. The van der Waals surface area contributed by atoms with Gasteiger partial charge < -0.3 is 19.5 Å². The number of piperazine rings is 1. The van der Waals surface area contributed by atoms with Gasteiger partial charge in [-0.2, -0.15) is 0 Å². The summed E-state index contributed by atoms with van der Waals surface area (Å²) in [6, 6.07) is 7.99. The number of likely N-dealkylation sites (N-methyl/N-ethyl adjacent to an activating group) is 1. The third kappa shape index (κ3) is 3.11. The molecular weight excluding hydrogens is 252 g/mol. The van der Waals surface area contributed by atoms with Crippen molar-refractivity contribution in [3.05, 3.63) is 42.5 Å². The largest absolute Gasteiger partial charge is 0.467 e. The molecule has 5 heteroatoms. The Labute approximate surface area is 119 Å². The maximum absolute atomic E-state index is 5.28. The third-order valence-corrected chi connectivity index (χ3v) is 3.64. The van der Waals surface area contributed by atoms with Crippen molar-refractivity contribution in [2.24, 2.45) is 0 Å². The first-order chi connectivity index (χ1) is 9.81. The summed E-state index contributed by atoms with van der Waals surface area (Å²) in [5.41, 5.74) is 1.20. The standard InChI is InChI=1S/C15H20N4O/c1-18-6-8-19(9-7-18)13-4-5-15(16-11-13)17-12-14-3-2-10-20-14/h2-5,10-11H,6-9,12H2,1H3,(H,16,17). The maximum Gasteiger partial charge on any atom is 0.126 e. The minimum Gasteiger partial charge on any atom is -0.467 e. The van der Waals surface area contributed by atoms with E-state index >= 15 is 0 Å². The zero-order valence-corrected chi connectivity index (χ0v) is 11.7. The molecule has 20 heavy (non-hydrogen) atoms. The molecule has 3 heterocycles. The highest BCUT2D eigenvalue weighted by molar-refractivity contribution is 5.49. The SMILES string of the molecule is CN1CCN(c2ccc(NCc3ccco3)nc2)CC1. The molecule has 1 aliphatic heterocycles. The first kappa shape index (κ1) is 13.0. The summed E-state index contributed by atoms with van der Waals surface area (Å²) in [4.78, 5) is 9.19. The minimum atomic E-state index is 0.661. The summed E-state index contributed by atoms with van der Waals surface area (Å²) >= 11 is 0. The number of rotatable bonds is 4. The molecular formula is C15H20N4O. The Balaban J connectivity index is 1.57. The van der Waals surface area contributed by atoms with Crippen molar-refractivity contribution in [3.8, 4) is 0 Å². The van der Waals surface area contributed by atoms with Crippen LogP contribution >= 0.6 is 0 Å². The van der Waals surface area contributed by atoms with E-state index in [0.29, 0.717) is 6.54 Å².